The van der Waals surface area contributed by atoms with Gasteiger partial charge >= 0.3 is 48.3 Å². The van der Waals surface area contributed by atoms with E-state index < -0.39 is 59.9 Å². The molecular formula is C10F20O. The maximum atomic E-state index is 12.5. The maximum Gasteiger partial charge on any atom is 0.460 e. The highest BCUT2D eigenvalue weighted by Crippen LogP contribution is 2.68. The van der Waals surface area contributed by atoms with Crippen molar-refractivity contribution in [2.75, 3.05) is 0 Å². The summed E-state index contributed by atoms with van der Waals surface area (Å²) in [5.41, 5.74) is 0. The molecule has 1 heterocycles. The normalized spacial score (nSPS) is 26.7. The Balaban J connectivity index is 0.000000582. The number of ether oxygens (including phenoxy) is 1. The molecule has 1 fully saturated rings. The minimum atomic E-state index is -6.71. The van der Waals surface area contributed by atoms with E-state index in [9.17, 15) is 87.8 Å². The summed E-state index contributed by atoms with van der Waals surface area (Å²) in [6, 6.07) is 0. The van der Waals surface area contributed by atoms with Crippen LogP contribution in [0.25, 0.3) is 0 Å². The van der Waals surface area contributed by atoms with Crippen LogP contribution >= 0.6 is 0 Å². The van der Waals surface area contributed by atoms with Crippen molar-refractivity contribution in [3.63, 3.8) is 0 Å². The van der Waals surface area contributed by atoms with Crippen LogP contribution in [-0.4, -0.2) is 48.3 Å². The fraction of sp³-hybridized carbons (Fsp3) is 0.800. The number of halogens is 20. The quantitative estimate of drug-likeness (QED) is 0.285. The van der Waals surface area contributed by atoms with Crippen LogP contribution in [0.1, 0.15) is 0 Å². The van der Waals surface area contributed by atoms with Crippen LogP contribution in [-0.2, 0) is 4.74 Å². The molecule has 0 amide bonds. The molecule has 0 aromatic heterocycles. The molecule has 0 aromatic rings. The first-order chi connectivity index (χ1) is 13.0. The van der Waals surface area contributed by atoms with E-state index in [1.807, 2.05) is 0 Å². The van der Waals surface area contributed by atoms with Crippen molar-refractivity contribution >= 4 is 0 Å². The zero-order chi connectivity index (χ0) is 25.9. The minimum absolute atomic E-state index is 2.32. The fourth-order valence-corrected chi connectivity index (χ4v) is 1.24. The molecular weight excluding hydrogens is 516 g/mol. The molecule has 31 heavy (non-hydrogen) atoms. The summed E-state index contributed by atoms with van der Waals surface area (Å²) in [6.45, 7) is 0. The number of alkyl halides is 18. The smallest absolute Gasteiger partial charge is 0.286 e. The van der Waals surface area contributed by atoms with Crippen molar-refractivity contribution in [2.24, 2.45) is 0 Å². The zero-order valence-electron chi connectivity index (χ0n) is 13.0. The number of allylic oxidation sites excluding steroid dienone is 2. The predicted molar refractivity (Wildman–Crippen MR) is 52.1 cm³/mol. The van der Waals surface area contributed by atoms with Gasteiger partial charge < -0.3 is 0 Å². The number of epoxide rings is 1. The first-order valence-electron chi connectivity index (χ1n) is 6.19. The Labute approximate surface area is 154 Å². The summed E-state index contributed by atoms with van der Waals surface area (Å²) in [4.78, 5) is 0. The highest BCUT2D eigenvalue weighted by Gasteiger charge is 2.99. The average Bonchev–Trinajstić information content (AvgIpc) is 3.08. The first kappa shape index (κ1) is 29.3. The van der Waals surface area contributed by atoms with E-state index in [4.69, 9.17) is 0 Å². The van der Waals surface area contributed by atoms with Crippen molar-refractivity contribution in [3.05, 3.63) is 11.7 Å². The van der Waals surface area contributed by atoms with Gasteiger partial charge in [0.05, 0.1) is 0 Å². The highest BCUT2D eigenvalue weighted by molar-refractivity contribution is 5.16. The molecule has 2 atom stereocenters. The Hall–Kier alpha value is -1.70. The van der Waals surface area contributed by atoms with Crippen molar-refractivity contribution in [1.82, 2.24) is 0 Å². The van der Waals surface area contributed by atoms with E-state index in [1.165, 1.54) is 0 Å². The van der Waals surface area contributed by atoms with Gasteiger partial charge in [-0.1, -0.05) is 0 Å². The van der Waals surface area contributed by atoms with Gasteiger partial charge in [0, 0.05) is 0 Å². The van der Waals surface area contributed by atoms with Gasteiger partial charge in [-0.25, -0.2) is 4.39 Å². The molecule has 21 heteroatoms. The van der Waals surface area contributed by atoms with E-state index in [0.29, 0.717) is 0 Å². The molecule has 0 saturated carbocycles. The Morgan fingerprint density at radius 1 is 0.516 bits per heavy atom. The van der Waals surface area contributed by atoms with Gasteiger partial charge in [0.2, 0.25) is 11.7 Å². The van der Waals surface area contributed by atoms with Crippen molar-refractivity contribution < 1.29 is 92.5 Å². The van der Waals surface area contributed by atoms with Gasteiger partial charge in [0.15, 0.2) is 0 Å². The zero-order valence-corrected chi connectivity index (χ0v) is 13.0. The first-order valence-corrected chi connectivity index (χ1v) is 6.19. The lowest BCUT2D eigenvalue weighted by molar-refractivity contribution is -0.331. The van der Waals surface area contributed by atoms with E-state index >= 15 is 0 Å². The van der Waals surface area contributed by atoms with Crippen LogP contribution in [0.5, 0.6) is 0 Å². The lowest BCUT2D eigenvalue weighted by atomic mass is 10.1. The number of hydrogen-bond donors (Lipinski definition) is 0. The molecule has 0 radical (unpaired) electrons. The second-order valence-electron chi connectivity index (χ2n) is 5.06. The van der Waals surface area contributed by atoms with E-state index in [-0.39, 0.29) is 0 Å². The largest absolute Gasteiger partial charge is 0.460 e. The number of rotatable bonds is 2. The average molecular weight is 516 g/mol. The molecule has 0 spiro atoms. The van der Waals surface area contributed by atoms with Gasteiger partial charge in [-0.3, -0.25) is 4.74 Å². The van der Waals surface area contributed by atoms with Crippen LogP contribution in [0.15, 0.2) is 11.7 Å². The van der Waals surface area contributed by atoms with Gasteiger partial charge in [0.1, 0.15) is 0 Å². The third kappa shape index (κ3) is 4.89. The van der Waals surface area contributed by atoms with Crippen LogP contribution in [0.2, 0.25) is 0 Å². The molecule has 1 aliphatic heterocycles. The standard InChI is InChI=1S/C5F10O.C5F10/c6-1(7,4(10,11)12)2(8)3(9,16-2)5(13,14)15;6-1(2(7)4(10,11)12)3(8,9)5(13,14)15. The van der Waals surface area contributed by atoms with E-state index in [1.54, 1.807) is 0 Å². The lowest BCUT2D eigenvalue weighted by Gasteiger charge is -2.21. The van der Waals surface area contributed by atoms with Crippen LogP contribution in [0.4, 0.5) is 87.8 Å². The van der Waals surface area contributed by atoms with Gasteiger partial charge in [-0.15, -0.1) is 0 Å². The molecule has 1 rings (SSSR count). The Bertz CT molecular complexity index is 689. The Morgan fingerprint density at radius 3 is 1.06 bits per heavy atom. The molecule has 1 aliphatic rings. The van der Waals surface area contributed by atoms with Crippen LogP contribution in [0, 0.1) is 0 Å². The van der Waals surface area contributed by atoms with Crippen molar-refractivity contribution in [1.29, 1.82) is 0 Å². The third-order valence-electron chi connectivity index (χ3n) is 2.85. The minimum Gasteiger partial charge on any atom is -0.286 e. The predicted octanol–water partition coefficient (Wildman–Crippen LogP) is 7.01. The maximum absolute atomic E-state index is 12.5. The molecule has 1 nitrogen and oxygen atoms in total. The summed E-state index contributed by atoms with van der Waals surface area (Å²) >= 11 is 0. The van der Waals surface area contributed by atoms with Gasteiger partial charge in [-0.2, -0.15) is 83.4 Å². The molecule has 1 saturated heterocycles. The second kappa shape index (κ2) is 7.42. The molecule has 0 aliphatic carbocycles. The fourth-order valence-electron chi connectivity index (χ4n) is 1.24. The molecule has 0 N–H and O–H groups in total. The Morgan fingerprint density at radius 2 is 0.871 bits per heavy atom. The van der Waals surface area contributed by atoms with Crippen LogP contribution in [0.3, 0.4) is 0 Å². The van der Waals surface area contributed by atoms with Gasteiger partial charge in [-0.05, 0) is 0 Å². The summed E-state index contributed by atoms with van der Waals surface area (Å²) in [6.07, 6.45) is -25.9. The van der Waals surface area contributed by atoms with Crippen molar-refractivity contribution in [3.8, 4) is 0 Å². The summed E-state index contributed by atoms with van der Waals surface area (Å²) in [5, 5.41) is 0. The van der Waals surface area contributed by atoms with Crippen LogP contribution < -0.4 is 0 Å². The molecule has 0 bridgehead atoms. The SMILES string of the molecule is FC(=C(F)C(F)(F)C(F)(F)F)C(F)(F)F.FC(F)(F)C(F)(F)C1(F)OC1(F)C(F)(F)F. The van der Waals surface area contributed by atoms with Gasteiger partial charge in [0.25, 0.3) is 0 Å². The second-order valence-corrected chi connectivity index (χ2v) is 5.06. The summed E-state index contributed by atoms with van der Waals surface area (Å²) in [5.74, 6) is -32.9. The monoisotopic (exact) mass is 516 g/mol. The molecule has 2 unspecified atom stereocenters. The highest BCUT2D eigenvalue weighted by atomic mass is 19.4. The summed E-state index contributed by atoms with van der Waals surface area (Å²) in [7, 11) is 0. The summed E-state index contributed by atoms with van der Waals surface area (Å²) < 4.78 is 236. The number of hydrogen-bond acceptors (Lipinski definition) is 1. The molecule has 0 aromatic carbocycles. The lowest BCUT2D eigenvalue weighted by Crippen LogP contribution is -2.53. The van der Waals surface area contributed by atoms with Crippen molar-refractivity contribution in [2.45, 2.75) is 48.3 Å². The van der Waals surface area contributed by atoms with E-state index in [0.717, 1.165) is 0 Å². The topological polar surface area (TPSA) is 12.5 Å². The molecule has 186 valence electrons. The van der Waals surface area contributed by atoms with E-state index in [2.05, 4.69) is 4.74 Å². The Kier molecular flexibility index (Phi) is 7.02. The third-order valence-corrected chi connectivity index (χ3v) is 2.85.